The third-order valence-electron chi connectivity index (χ3n) is 5.08. The summed E-state index contributed by atoms with van der Waals surface area (Å²) < 4.78 is 41.3. The summed E-state index contributed by atoms with van der Waals surface area (Å²) in [5.74, 6) is 1.59. The molecule has 2 aromatic rings. The molecule has 1 amide bonds. The number of anilines is 1. The van der Waals surface area contributed by atoms with Crippen LogP contribution in [0.4, 0.5) is 5.69 Å². The Morgan fingerprint density at radius 2 is 1.84 bits per heavy atom. The van der Waals surface area contributed by atoms with Gasteiger partial charge >= 0.3 is 0 Å². The first-order valence-electron chi connectivity index (χ1n) is 9.81. The lowest BCUT2D eigenvalue weighted by Gasteiger charge is -2.38. The first kappa shape index (κ1) is 22.7. The lowest BCUT2D eigenvalue weighted by atomic mass is 9.89. The van der Waals surface area contributed by atoms with E-state index in [9.17, 15) is 13.2 Å². The highest BCUT2D eigenvalue weighted by molar-refractivity contribution is 7.92. The number of hydrogen-bond acceptors (Lipinski definition) is 6. The Balaban J connectivity index is 1.63. The molecular formula is C22H28N2O6S. The van der Waals surface area contributed by atoms with Crippen LogP contribution in [0, 0.1) is 0 Å². The van der Waals surface area contributed by atoms with Gasteiger partial charge in [-0.15, -0.1) is 0 Å². The highest BCUT2D eigenvalue weighted by Crippen LogP contribution is 2.41. The van der Waals surface area contributed by atoms with Crippen molar-refractivity contribution in [3.05, 3.63) is 48.0 Å². The fourth-order valence-electron chi connectivity index (χ4n) is 3.42. The van der Waals surface area contributed by atoms with Crippen molar-refractivity contribution in [2.45, 2.75) is 31.9 Å². The topological polar surface area (TPSA) is 94.2 Å². The lowest BCUT2D eigenvalue weighted by Crippen LogP contribution is -2.42. The van der Waals surface area contributed by atoms with Crippen LogP contribution in [0.15, 0.2) is 42.5 Å². The molecule has 1 heterocycles. The number of hydrogen-bond donors (Lipinski definition) is 1. The number of sulfonamides is 1. The molecule has 9 heteroatoms. The number of ether oxygens (including phenoxy) is 3. The molecule has 168 valence electrons. The molecule has 0 aliphatic carbocycles. The maximum absolute atomic E-state index is 12.5. The Morgan fingerprint density at radius 1 is 1.19 bits per heavy atom. The Bertz CT molecular complexity index is 1050. The average molecular weight is 449 g/mol. The smallest absolute Gasteiger partial charge is 0.258 e. The van der Waals surface area contributed by atoms with E-state index in [0.717, 1.165) is 11.8 Å². The molecule has 0 radical (unpaired) electrons. The number of carbonyl (C=O) groups excluding carboxylic acids is 1. The molecule has 0 bridgehead atoms. The van der Waals surface area contributed by atoms with Gasteiger partial charge in [0.1, 0.15) is 22.8 Å². The minimum absolute atomic E-state index is 0.162. The Morgan fingerprint density at radius 3 is 2.45 bits per heavy atom. The standard InChI is InChI=1S/C22H28N2O6S/c1-22(2)13-19(18-11-10-17(28-4)12-20(18)30-22)23-21(25)14-29-16-8-6-15(7-9-16)24(3)31(5,26)27/h6-12,19H,13-14H2,1-5H3,(H,23,25)/t19-/m0/s1. The summed E-state index contributed by atoms with van der Waals surface area (Å²) in [6.45, 7) is 3.78. The molecule has 0 saturated heterocycles. The van der Waals surface area contributed by atoms with Crippen molar-refractivity contribution in [2.75, 3.05) is 31.3 Å². The highest BCUT2D eigenvalue weighted by Gasteiger charge is 2.34. The predicted octanol–water partition coefficient (Wildman–Crippen LogP) is 2.89. The summed E-state index contributed by atoms with van der Waals surface area (Å²) in [6, 6.07) is 11.8. The summed E-state index contributed by atoms with van der Waals surface area (Å²) in [6.07, 6.45) is 1.75. The van der Waals surface area contributed by atoms with Crippen molar-refractivity contribution >= 4 is 21.6 Å². The van der Waals surface area contributed by atoms with Crippen molar-refractivity contribution in [2.24, 2.45) is 0 Å². The second-order valence-corrected chi connectivity index (χ2v) is 10.1. The van der Waals surface area contributed by atoms with E-state index in [4.69, 9.17) is 14.2 Å². The molecule has 2 aromatic carbocycles. The normalized spacial score (nSPS) is 17.1. The van der Waals surface area contributed by atoms with Crippen molar-refractivity contribution in [3.8, 4) is 17.2 Å². The van der Waals surface area contributed by atoms with Crippen LogP contribution in [0.2, 0.25) is 0 Å². The number of fused-ring (bicyclic) bond motifs is 1. The van der Waals surface area contributed by atoms with Crippen molar-refractivity contribution in [1.82, 2.24) is 5.32 Å². The van der Waals surface area contributed by atoms with Gasteiger partial charge in [-0.05, 0) is 50.2 Å². The van der Waals surface area contributed by atoms with Gasteiger partial charge in [-0.3, -0.25) is 9.10 Å². The molecule has 0 unspecified atom stereocenters. The molecule has 0 aromatic heterocycles. The highest BCUT2D eigenvalue weighted by atomic mass is 32.2. The van der Waals surface area contributed by atoms with Crippen LogP contribution >= 0.6 is 0 Å². The van der Waals surface area contributed by atoms with E-state index in [-0.39, 0.29) is 18.6 Å². The molecule has 1 aliphatic rings. The molecule has 0 saturated carbocycles. The van der Waals surface area contributed by atoms with Crippen LogP contribution in [0.1, 0.15) is 31.9 Å². The maximum atomic E-state index is 12.5. The number of benzene rings is 2. The van der Waals surface area contributed by atoms with E-state index in [1.54, 1.807) is 31.4 Å². The second kappa shape index (κ2) is 8.66. The Labute approximate surface area is 183 Å². The summed E-state index contributed by atoms with van der Waals surface area (Å²) in [5, 5.41) is 3.02. The van der Waals surface area contributed by atoms with Crippen LogP contribution < -0.4 is 23.8 Å². The van der Waals surface area contributed by atoms with E-state index in [0.29, 0.717) is 29.4 Å². The number of rotatable bonds is 7. The summed E-state index contributed by atoms with van der Waals surface area (Å²) >= 11 is 0. The van der Waals surface area contributed by atoms with Gasteiger partial charge < -0.3 is 19.5 Å². The molecule has 0 spiro atoms. The minimum atomic E-state index is -3.34. The third kappa shape index (κ3) is 5.61. The van der Waals surface area contributed by atoms with Crippen molar-refractivity contribution < 1.29 is 27.4 Å². The van der Waals surface area contributed by atoms with Crippen LogP contribution in [-0.4, -0.2) is 46.9 Å². The first-order valence-corrected chi connectivity index (χ1v) is 11.7. The van der Waals surface area contributed by atoms with E-state index >= 15 is 0 Å². The van der Waals surface area contributed by atoms with Gasteiger partial charge in [0.25, 0.3) is 5.91 Å². The maximum Gasteiger partial charge on any atom is 0.258 e. The van der Waals surface area contributed by atoms with Gasteiger partial charge in [-0.2, -0.15) is 0 Å². The molecule has 8 nitrogen and oxygen atoms in total. The number of amides is 1. The summed E-state index contributed by atoms with van der Waals surface area (Å²) in [4.78, 5) is 12.5. The SMILES string of the molecule is COc1ccc2c(c1)OC(C)(C)C[C@@H]2NC(=O)COc1ccc(N(C)S(C)(=O)=O)cc1. The largest absolute Gasteiger partial charge is 0.497 e. The second-order valence-electron chi connectivity index (χ2n) is 8.10. The van der Waals surface area contributed by atoms with E-state index in [1.165, 1.54) is 11.4 Å². The van der Waals surface area contributed by atoms with Crippen LogP contribution in [0.25, 0.3) is 0 Å². The third-order valence-corrected chi connectivity index (χ3v) is 6.29. The first-order chi connectivity index (χ1) is 14.5. The summed E-state index contributed by atoms with van der Waals surface area (Å²) in [7, 11) is -0.270. The van der Waals surface area contributed by atoms with Crippen molar-refractivity contribution in [1.29, 1.82) is 0 Å². The zero-order valence-corrected chi connectivity index (χ0v) is 19.2. The molecular weight excluding hydrogens is 420 g/mol. The van der Waals surface area contributed by atoms with Gasteiger partial charge in [-0.1, -0.05) is 0 Å². The number of nitrogens with zero attached hydrogens (tertiary/aromatic N) is 1. The van der Waals surface area contributed by atoms with Crippen LogP contribution in [-0.2, 0) is 14.8 Å². The molecule has 1 atom stereocenters. The summed E-state index contributed by atoms with van der Waals surface area (Å²) in [5.41, 5.74) is 0.956. The van der Waals surface area contributed by atoms with E-state index < -0.39 is 15.6 Å². The minimum Gasteiger partial charge on any atom is -0.497 e. The molecule has 3 rings (SSSR count). The van der Waals surface area contributed by atoms with E-state index in [2.05, 4.69) is 5.32 Å². The van der Waals surface area contributed by atoms with Crippen LogP contribution in [0.5, 0.6) is 17.2 Å². The van der Waals surface area contributed by atoms with Crippen LogP contribution in [0.3, 0.4) is 0 Å². The fourth-order valence-corrected chi connectivity index (χ4v) is 3.92. The van der Waals surface area contributed by atoms with Crippen molar-refractivity contribution in [3.63, 3.8) is 0 Å². The Kier molecular flexibility index (Phi) is 6.35. The van der Waals surface area contributed by atoms with Gasteiger partial charge in [0.05, 0.1) is 25.1 Å². The predicted molar refractivity (Wildman–Crippen MR) is 118 cm³/mol. The Hall–Kier alpha value is -2.94. The number of nitrogens with one attached hydrogen (secondary N) is 1. The number of methoxy groups -OCH3 is 1. The lowest BCUT2D eigenvalue weighted by molar-refractivity contribution is -0.124. The molecule has 1 aliphatic heterocycles. The molecule has 31 heavy (non-hydrogen) atoms. The fraction of sp³-hybridized carbons (Fsp3) is 0.409. The van der Waals surface area contributed by atoms with Gasteiger partial charge in [-0.25, -0.2) is 8.42 Å². The van der Waals surface area contributed by atoms with Gasteiger partial charge in [0.15, 0.2) is 6.61 Å². The average Bonchev–Trinajstić information content (AvgIpc) is 2.70. The molecule has 0 fully saturated rings. The monoisotopic (exact) mass is 448 g/mol. The van der Waals surface area contributed by atoms with E-state index in [1.807, 2.05) is 32.0 Å². The quantitative estimate of drug-likeness (QED) is 0.700. The molecule has 1 N–H and O–H groups in total. The number of carbonyl (C=O) groups is 1. The zero-order chi connectivity index (χ0) is 22.8. The van der Waals surface area contributed by atoms with Gasteiger partial charge in [0.2, 0.25) is 10.0 Å². The van der Waals surface area contributed by atoms with Gasteiger partial charge in [0, 0.05) is 25.1 Å². The zero-order valence-electron chi connectivity index (χ0n) is 18.3.